The molecule has 51 heavy (non-hydrogen) atoms. The minimum atomic E-state index is -1.08. The van der Waals surface area contributed by atoms with Gasteiger partial charge in [-0.2, -0.15) is 5.10 Å². The zero-order valence-electron chi connectivity index (χ0n) is 27.8. The summed E-state index contributed by atoms with van der Waals surface area (Å²) in [4.78, 5) is 29.3. The molecular formula is C39H32ClN7O4. The molecule has 5 aromatic rings. The second kappa shape index (κ2) is 12.3. The van der Waals surface area contributed by atoms with Crippen LogP contribution in [0.3, 0.4) is 0 Å². The zero-order valence-corrected chi connectivity index (χ0v) is 28.5. The van der Waals surface area contributed by atoms with Gasteiger partial charge >= 0.3 is 5.97 Å². The molecule has 2 atom stereocenters. The van der Waals surface area contributed by atoms with E-state index in [1.54, 1.807) is 31.2 Å². The number of ether oxygens (including phenoxy) is 1. The Kier molecular flexibility index (Phi) is 7.72. The maximum absolute atomic E-state index is 13.9. The van der Waals surface area contributed by atoms with Gasteiger partial charge in [0.15, 0.2) is 11.5 Å². The van der Waals surface area contributed by atoms with Crippen LogP contribution in [0.1, 0.15) is 31.4 Å². The summed E-state index contributed by atoms with van der Waals surface area (Å²) in [6.45, 7) is 4.00. The fourth-order valence-electron chi connectivity index (χ4n) is 7.43. The van der Waals surface area contributed by atoms with E-state index in [2.05, 4.69) is 24.0 Å². The van der Waals surface area contributed by atoms with Gasteiger partial charge in [-0.3, -0.25) is 19.9 Å². The molecule has 12 heteroatoms. The van der Waals surface area contributed by atoms with E-state index in [1.165, 1.54) is 12.1 Å². The number of rotatable bonds is 7. The Morgan fingerprint density at radius 2 is 1.37 bits per heavy atom. The number of hydrogen-bond acceptors (Lipinski definition) is 10. The molecular weight excluding hydrogens is 666 g/mol. The smallest absolute Gasteiger partial charge is 0.376 e. The molecule has 0 saturated carbocycles. The highest BCUT2D eigenvalue weighted by molar-refractivity contribution is 6.43. The van der Waals surface area contributed by atoms with Gasteiger partial charge in [0.1, 0.15) is 5.66 Å². The minimum absolute atomic E-state index is 0.0232. The largest absolute Gasteiger partial charge is 0.460 e. The van der Waals surface area contributed by atoms with E-state index in [1.807, 2.05) is 99.8 Å². The van der Waals surface area contributed by atoms with Crippen molar-refractivity contribution in [3.63, 3.8) is 0 Å². The lowest BCUT2D eigenvalue weighted by molar-refractivity contribution is -0.384. The molecule has 0 spiro atoms. The van der Waals surface area contributed by atoms with E-state index in [0.29, 0.717) is 28.5 Å². The maximum atomic E-state index is 13.9. The number of halogens is 1. The molecule has 3 aliphatic rings. The van der Waals surface area contributed by atoms with Crippen molar-refractivity contribution in [1.82, 2.24) is 0 Å². The average Bonchev–Trinajstić information content (AvgIpc) is 3.62. The first kappa shape index (κ1) is 32.0. The normalized spacial score (nSPS) is 20.5. The van der Waals surface area contributed by atoms with Crippen molar-refractivity contribution in [3.05, 3.63) is 160 Å². The molecule has 3 heterocycles. The number of anilines is 4. The maximum Gasteiger partial charge on any atom is 0.376 e. The fraction of sp³-hybridized carbons (Fsp3) is 0.154. The van der Waals surface area contributed by atoms with Crippen LogP contribution >= 0.6 is 11.6 Å². The Bertz CT molecular complexity index is 2200. The molecule has 254 valence electrons. The lowest BCUT2D eigenvalue weighted by atomic mass is 9.85. The molecule has 5 aromatic carbocycles. The molecule has 8 rings (SSSR count). The van der Waals surface area contributed by atoms with Crippen LogP contribution in [0, 0.1) is 10.1 Å². The van der Waals surface area contributed by atoms with Crippen molar-refractivity contribution in [3.8, 4) is 0 Å². The molecule has 0 amide bonds. The van der Waals surface area contributed by atoms with Crippen LogP contribution in [-0.4, -0.2) is 34.8 Å². The van der Waals surface area contributed by atoms with Crippen molar-refractivity contribution in [2.45, 2.75) is 31.6 Å². The lowest BCUT2D eigenvalue weighted by Crippen LogP contribution is -2.62. The summed E-state index contributed by atoms with van der Waals surface area (Å²) >= 11 is 6.36. The topological polar surface area (TPSA) is 107 Å². The number of carbonyl (C=O) groups excluding carboxylic acids is 1. The highest BCUT2D eigenvalue weighted by Crippen LogP contribution is 2.57. The van der Waals surface area contributed by atoms with Crippen molar-refractivity contribution in [2.24, 2.45) is 10.2 Å². The summed E-state index contributed by atoms with van der Waals surface area (Å²) in [7, 11) is 0. The number of amidine groups is 2. The summed E-state index contributed by atoms with van der Waals surface area (Å²) in [5.74, 6) is 0.142. The summed E-state index contributed by atoms with van der Waals surface area (Å²) < 4.78 is 5.63. The first-order chi connectivity index (χ1) is 24.8. The zero-order chi connectivity index (χ0) is 35.3. The van der Waals surface area contributed by atoms with Gasteiger partial charge in [-0.15, -0.1) is 5.10 Å². The van der Waals surface area contributed by atoms with Crippen molar-refractivity contribution >= 4 is 57.7 Å². The lowest BCUT2D eigenvalue weighted by Gasteiger charge is -2.49. The number of hydrogen-bond donors (Lipinski definition) is 0. The van der Waals surface area contributed by atoms with Gasteiger partial charge in [0.05, 0.1) is 34.3 Å². The summed E-state index contributed by atoms with van der Waals surface area (Å²) in [5, 5.41) is 26.6. The third-order valence-corrected chi connectivity index (χ3v) is 9.77. The van der Waals surface area contributed by atoms with E-state index < -0.39 is 22.2 Å². The molecule has 0 radical (unpaired) electrons. The number of esters is 1. The second-order valence-electron chi connectivity index (χ2n) is 12.5. The van der Waals surface area contributed by atoms with Gasteiger partial charge < -0.3 is 4.74 Å². The Labute approximate surface area is 299 Å². The highest BCUT2D eigenvalue weighted by Gasteiger charge is 2.63. The van der Waals surface area contributed by atoms with Crippen LogP contribution in [-0.2, 0) is 15.2 Å². The molecule has 0 fully saturated rings. The average molecular weight is 698 g/mol. The number of carbonyl (C=O) groups is 1. The Hall–Kier alpha value is -6.20. The number of hydrazone groups is 2. The van der Waals surface area contributed by atoms with Crippen LogP contribution in [0.4, 0.5) is 28.4 Å². The van der Waals surface area contributed by atoms with Crippen LogP contribution in [0.5, 0.6) is 0 Å². The summed E-state index contributed by atoms with van der Waals surface area (Å²) in [6.07, 6.45) is 0.308. The predicted octanol–water partition coefficient (Wildman–Crippen LogP) is 8.11. The van der Waals surface area contributed by atoms with Gasteiger partial charge in [-0.05, 0) is 74.5 Å². The number of benzene rings is 5. The van der Waals surface area contributed by atoms with E-state index in [0.717, 1.165) is 22.6 Å². The molecule has 0 N–H and O–H groups in total. The second-order valence-corrected chi connectivity index (χ2v) is 13.0. The van der Waals surface area contributed by atoms with Gasteiger partial charge in [-0.25, -0.2) is 14.8 Å². The first-order valence-electron chi connectivity index (χ1n) is 16.5. The molecule has 0 aliphatic carbocycles. The number of nitro benzene ring substituents is 1. The Balaban J connectivity index is 1.46. The number of nitro groups is 1. The standard InChI is InChI=1S/C39H32ClN7O4/c1-3-51-37(48)36-42-45(31-24-20-29(40)21-25-31)38(2)26-39(28-12-6-4-7-13-28)44(34-17-11-10-16-33(34)43(36)38)35(27-18-22-32(23-19-27)47(49)50)41-46(39)30-14-8-5-9-15-30/h4-25H,3,26H2,1-2H3. The monoisotopic (exact) mass is 697 g/mol. The molecule has 0 aromatic heterocycles. The van der Waals surface area contributed by atoms with Crippen LogP contribution in [0.15, 0.2) is 144 Å². The van der Waals surface area contributed by atoms with Gasteiger partial charge in [0, 0.05) is 34.7 Å². The van der Waals surface area contributed by atoms with Crippen molar-refractivity contribution < 1.29 is 14.5 Å². The van der Waals surface area contributed by atoms with E-state index in [4.69, 9.17) is 26.5 Å². The Morgan fingerprint density at radius 1 is 0.784 bits per heavy atom. The third-order valence-electron chi connectivity index (χ3n) is 9.52. The van der Waals surface area contributed by atoms with E-state index in [9.17, 15) is 14.9 Å². The molecule has 0 saturated heterocycles. The third kappa shape index (κ3) is 4.99. The molecule has 11 nitrogen and oxygen atoms in total. The number of nitrogens with zero attached hydrogens (tertiary/aromatic N) is 7. The van der Waals surface area contributed by atoms with E-state index >= 15 is 0 Å². The van der Waals surface area contributed by atoms with E-state index in [-0.39, 0.29) is 18.1 Å². The number of fused-ring (bicyclic) bond motifs is 5. The van der Waals surface area contributed by atoms with Crippen LogP contribution in [0.2, 0.25) is 5.02 Å². The number of non-ortho nitro benzene ring substituents is 1. The van der Waals surface area contributed by atoms with Gasteiger partial charge in [-0.1, -0.05) is 72.3 Å². The van der Waals surface area contributed by atoms with Crippen molar-refractivity contribution in [1.29, 1.82) is 0 Å². The predicted molar refractivity (Wildman–Crippen MR) is 199 cm³/mol. The fourth-order valence-corrected chi connectivity index (χ4v) is 7.56. The van der Waals surface area contributed by atoms with Crippen LogP contribution in [0.25, 0.3) is 0 Å². The summed E-state index contributed by atoms with van der Waals surface area (Å²) in [6, 6.07) is 41.7. The van der Waals surface area contributed by atoms with Gasteiger partial charge in [0.2, 0.25) is 5.84 Å². The van der Waals surface area contributed by atoms with Crippen LogP contribution < -0.4 is 19.8 Å². The number of para-hydroxylation sites is 3. The highest BCUT2D eigenvalue weighted by atomic mass is 35.5. The Morgan fingerprint density at radius 3 is 2.00 bits per heavy atom. The molecule has 2 unspecified atom stereocenters. The summed E-state index contributed by atoms with van der Waals surface area (Å²) in [5.41, 5.74) is 2.43. The van der Waals surface area contributed by atoms with Gasteiger partial charge in [0.25, 0.3) is 5.69 Å². The first-order valence-corrected chi connectivity index (χ1v) is 16.9. The molecule has 0 bridgehead atoms. The quantitative estimate of drug-likeness (QED) is 0.0954. The minimum Gasteiger partial charge on any atom is -0.460 e. The van der Waals surface area contributed by atoms with Crippen molar-refractivity contribution in [2.75, 3.05) is 26.4 Å². The SMILES string of the molecule is CCOC(=O)C1=NN(c2ccc(Cl)cc2)C2(C)CC3(c4ccccc4)N(c4ccccc4)N=C(c4ccc([N+](=O)[O-])cc4)N3c3ccccc3N12. The molecule has 3 aliphatic heterocycles.